The van der Waals surface area contributed by atoms with E-state index < -0.39 is 17.5 Å². The zero-order valence-corrected chi connectivity index (χ0v) is 14.2. The second-order valence-electron chi connectivity index (χ2n) is 7.37. The lowest BCUT2D eigenvalue weighted by Crippen LogP contribution is -2.40. The van der Waals surface area contributed by atoms with Crippen LogP contribution in [0.3, 0.4) is 0 Å². The standard InChI is InChI=1S/C17H17F3N4O2/c1-8-3-12-11(7-24(22-12)10-4-9(5-10)6-21)14-13(8)15(23-26-14)16(2,25)17(18,19)20/h7-10,25H,3-5H2,1-2H3/t8-,9?,10?,16+/m1/s1. The summed E-state index contributed by atoms with van der Waals surface area (Å²) in [4.78, 5) is 0. The molecule has 1 saturated carbocycles. The van der Waals surface area contributed by atoms with Crippen molar-refractivity contribution in [2.45, 2.75) is 56.8 Å². The van der Waals surface area contributed by atoms with Crippen LogP contribution in [0.15, 0.2) is 10.7 Å². The third-order valence-electron chi connectivity index (χ3n) is 5.46. The van der Waals surface area contributed by atoms with Crippen molar-refractivity contribution in [2.24, 2.45) is 5.92 Å². The summed E-state index contributed by atoms with van der Waals surface area (Å²) in [5.74, 6) is -0.0562. The predicted octanol–water partition coefficient (Wildman–Crippen LogP) is 3.44. The summed E-state index contributed by atoms with van der Waals surface area (Å²) in [5, 5.41) is 27.1. The maximum Gasteiger partial charge on any atom is 0.422 e. The summed E-state index contributed by atoms with van der Waals surface area (Å²) in [5.41, 5.74) is -1.95. The van der Waals surface area contributed by atoms with Crippen LogP contribution in [-0.4, -0.2) is 26.2 Å². The highest BCUT2D eigenvalue weighted by molar-refractivity contribution is 5.68. The summed E-state index contributed by atoms with van der Waals surface area (Å²) in [6.07, 6.45) is -1.25. The van der Waals surface area contributed by atoms with Crippen LogP contribution in [0.1, 0.15) is 55.6 Å². The van der Waals surface area contributed by atoms with Gasteiger partial charge in [-0.25, -0.2) is 0 Å². The monoisotopic (exact) mass is 366 g/mol. The largest absolute Gasteiger partial charge is 0.422 e. The van der Waals surface area contributed by atoms with E-state index in [-0.39, 0.29) is 29.2 Å². The first-order chi connectivity index (χ1) is 12.1. The molecule has 0 saturated heterocycles. The van der Waals surface area contributed by atoms with Crippen LogP contribution in [0, 0.1) is 17.2 Å². The fourth-order valence-corrected chi connectivity index (χ4v) is 3.69. The van der Waals surface area contributed by atoms with Crippen LogP contribution >= 0.6 is 0 Å². The number of alkyl halides is 3. The van der Waals surface area contributed by atoms with Crippen molar-refractivity contribution in [3.8, 4) is 17.4 Å². The number of rotatable bonds is 2. The highest BCUT2D eigenvalue weighted by Gasteiger charge is 2.55. The molecule has 1 fully saturated rings. The molecule has 9 heteroatoms. The molecule has 0 unspecified atom stereocenters. The SMILES string of the molecule is C[C@@H]1Cc2nn(C3CC(C#N)C3)cc2-c2onc([C@](C)(O)C(F)(F)F)c21. The molecular formula is C17H17F3N4O2. The molecule has 0 amide bonds. The third-order valence-corrected chi connectivity index (χ3v) is 5.46. The van der Waals surface area contributed by atoms with Gasteiger partial charge in [0, 0.05) is 11.8 Å². The van der Waals surface area contributed by atoms with Gasteiger partial charge in [0.25, 0.3) is 0 Å². The van der Waals surface area contributed by atoms with E-state index >= 15 is 0 Å². The second kappa shape index (κ2) is 5.33. The molecule has 26 heavy (non-hydrogen) atoms. The van der Waals surface area contributed by atoms with Crippen molar-refractivity contribution in [3.63, 3.8) is 0 Å². The van der Waals surface area contributed by atoms with E-state index in [1.807, 2.05) is 0 Å². The summed E-state index contributed by atoms with van der Waals surface area (Å²) in [7, 11) is 0. The van der Waals surface area contributed by atoms with Crippen LogP contribution in [0.4, 0.5) is 13.2 Å². The average molecular weight is 366 g/mol. The third kappa shape index (κ3) is 2.28. The Hall–Kier alpha value is -2.34. The normalized spacial score (nSPS) is 27.0. The number of hydrogen-bond acceptors (Lipinski definition) is 5. The highest BCUT2D eigenvalue weighted by Crippen LogP contribution is 2.48. The van der Waals surface area contributed by atoms with Crippen molar-refractivity contribution < 1.29 is 22.8 Å². The first-order valence-electron chi connectivity index (χ1n) is 8.40. The van der Waals surface area contributed by atoms with Gasteiger partial charge in [-0.3, -0.25) is 4.68 Å². The van der Waals surface area contributed by atoms with Crippen LogP contribution < -0.4 is 0 Å². The topological polar surface area (TPSA) is 87.9 Å². The van der Waals surface area contributed by atoms with Gasteiger partial charge in [-0.05, 0) is 32.1 Å². The average Bonchev–Trinajstić information content (AvgIpc) is 3.09. The van der Waals surface area contributed by atoms with E-state index in [1.54, 1.807) is 17.8 Å². The zero-order chi connectivity index (χ0) is 18.9. The Morgan fingerprint density at radius 1 is 1.38 bits per heavy atom. The van der Waals surface area contributed by atoms with E-state index in [2.05, 4.69) is 16.3 Å². The zero-order valence-electron chi connectivity index (χ0n) is 14.2. The van der Waals surface area contributed by atoms with Crippen molar-refractivity contribution in [1.29, 1.82) is 5.26 Å². The number of hydrogen-bond donors (Lipinski definition) is 1. The van der Waals surface area contributed by atoms with Crippen molar-refractivity contribution in [3.05, 3.63) is 23.1 Å². The molecule has 2 aliphatic carbocycles. The smallest absolute Gasteiger partial charge is 0.375 e. The lowest BCUT2D eigenvalue weighted by Gasteiger charge is -2.30. The molecule has 6 nitrogen and oxygen atoms in total. The number of fused-ring (bicyclic) bond motifs is 3. The molecule has 0 aromatic carbocycles. The Morgan fingerprint density at radius 2 is 2.08 bits per heavy atom. The Bertz CT molecular complexity index is 900. The molecule has 2 atom stereocenters. The van der Waals surface area contributed by atoms with Crippen LogP contribution in [0.2, 0.25) is 0 Å². The first kappa shape index (κ1) is 17.1. The lowest BCUT2D eigenvalue weighted by atomic mass is 9.81. The van der Waals surface area contributed by atoms with Crippen molar-refractivity contribution >= 4 is 0 Å². The van der Waals surface area contributed by atoms with E-state index in [0.29, 0.717) is 31.7 Å². The number of aliphatic hydroxyl groups is 1. The molecule has 0 spiro atoms. The minimum absolute atomic E-state index is 0.0227. The molecule has 0 radical (unpaired) electrons. The van der Waals surface area contributed by atoms with E-state index in [9.17, 15) is 18.3 Å². The van der Waals surface area contributed by atoms with Gasteiger partial charge in [0.15, 0.2) is 5.76 Å². The van der Waals surface area contributed by atoms with Gasteiger partial charge in [-0.1, -0.05) is 12.1 Å². The van der Waals surface area contributed by atoms with Gasteiger partial charge >= 0.3 is 6.18 Å². The van der Waals surface area contributed by atoms with E-state index in [1.165, 1.54) is 0 Å². The van der Waals surface area contributed by atoms with Gasteiger partial charge in [0.05, 0.1) is 29.3 Å². The minimum Gasteiger partial charge on any atom is -0.375 e. The van der Waals surface area contributed by atoms with E-state index in [0.717, 1.165) is 5.69 Å². The number of nitrogens with zero attached hydrogens (tertiary/aromatic N) is 4. The number of nitriles is 1. The fourth-order valence-electron chi connectivity index (χ4n) is 3.69. The highest BCUT2D eigenvalue weighted by atomic mass is 19.4. The second-order valence-corrected chi connectivity index (χ2v) is 7.37. The molecule has 2 aromatic heterocycles. The van der Waals surface area contributed by atoms with Gasteiger partial charge < -0.3 is 9.63 Å². The molecule has 2 aromatic rings. The first-order valence-corrected chi connectivity index (χ1v) is 8.40. The Kier molecular flexibility index (Phi) is 3.50. The molecule has 0 aliphatic heterocycles. The molecule has 2 heterocycles. The molecule has 4 rings (SSSR count). The van der Waals surface area contributed by atoms with Crippen LogP contribution in [-0.2, 0) is 12.0 Å². The van der Waals surface area contributed by atoms with Gasteiger partial charge in [0.2, 0.25) is 5.60 Å². The van der Waals surface area contributed by atoms with Gasteiger partial charge in [-0.2, -0.15) is 23.5 Å². The molecule has 0 bridgehead atoms. The molecule has 1 N–H and O–H groups in total. The number of halogens is 3. The van der Waals surface area contributed by atoms with E-state index in [4.69, 9.17) is 9.78 Å². The number of aromatic nitrogens is 3. The quantitative estimate of drug-likeness (QED) is 0.880. The summed E-state index contributed by atoms with van der Waals surface area (Å²) in [6, 6.07) is 2.33. The van der Waals surface area contributed by atoms with Crippen LogP contribution in [0.5, 0.6) is 0 Å². The van der Waals surface area contributed by atoms with Crippen LogP contribution in [0.25, 0.3) is 11.3 Å². The lowest BCUT2D eigenvalue weighted by molar-refractivity contribution is -0.261. The Morgan fingerprint density at radius 3 is 2.69 bits per heavy atom. The van der Waals surface area contributed by atoms with Crippen molar-refractivity contribution in [2.75, 3.05) is 0 Å². The summed E-state index contributed by atoms with van der Waals surface area (Å²) < 4.78 is 46.8. The maximum atomic E-state index is 13.2. The molecule has 138 valence electrons. The minimum atomic E-state index is -4.86. The predicted molar refractivity (Wildman–Crippen MR) is 82.8 cm³/mol. The Balaban J connectivity index is 1.75. The summed E-state index contributed by atoms with van der Waals surface area (Å²) in [6.45, 7) is 2.45. The fraction of sp³-hybridized carbons (Fsp3) is 0.588. The molecular weight excluding hydrogens is 349 g/mol. The summed E-state index contributed by atoms with van der Waals surface area (Å²) >= 11 is 0. The van der Waals surface area contributed by atoms with Crippen molar-refractivity contribution in [1.82, 2.24) is 14.9 Å². The molecule has 2 aliphatic rings. The van der Waals surface area contributed by atoms with Gasteiger partial charge in [-0.15, -0.1) is 0 Å². The Labute approximate surface area is 147 Å². The van der Waals surface area contributed by atoms with Gasteiger partial charge in [0.1, 0.15) is 5.69 Å². The maximum absolute atomic E-state index is 13.2.